The van der Waals surface area contributed by atoms with Crippen molar-refractivity contribution in [3.63, 3.8) is 0 Å². The molecule has 3 atom stereocenters. The number of nitrogens with one attached hydrogen (secondary N) is 1. The molecule has 0 aromatic carbocycles. The van der Waals surface area contributed by atoms with Crippen LogP contribution in [-0.4, -0.2) is 29.1 Å². The van der Waals surface area contributed by atoms with Crippen molar-refractivity contribution < 1.29 is 4.79 Å². The highest BCUT2D eigenvalue weighted by Gasteiger charge is 2.43. The van der Waals surface area contributed by atoms with Crippen molar-refractivity contribution in [3.05, 3.63) is 0 Å². The maximum atomic E-state index is 12.9. The third kappa shape index (κ3) is 4.98. The number of nitrogens with zero attached hydrogens (tertiary/aromatic N) is 1. The highest BCUT2D eigenvalue weighted by atomic mass is 16.2. The van der Waals surface area contributed by atoms with Gasteiger partial charge in [-0.05, 0) is 31.1 Å². The zero-order valence-electron chi connectivity index (χ0n) is 15.0. The first kappa shape index (κ1) is 18.5. The van der Waals surface area contributed by atoms with E-state index in [1.165, 1.54) is 12.8 Å². The van der Waals surface area contributed by atoms with E-state index >= 15 is 0 Å². The average Bonchev–Trinajstić information content (AvgIpc) is 2.72. The lowest BCUT2D eigenvalue weighted by molar-refractivity contribution is -0.133. The molecule has 1 N–H and O–H groups in total. The van der Waals surface area contributed by atoms with Gasteiger partial charge < -0.3 is 4.90 Å². The lowest BCUT2D eigenvalue weighted by Crippen LogP contribution is -2.47. The molecule has 3 nitrogen and oxygen atoms in total. The Labute approximate surface area is 131 Å². The Morgan fingerprint density at radius 1 is 1.10 bits per heavy atom. The quantitative estimate of drug-likeness (QED) is 0.692. The van der Waals surface area contributed by atoms with Gasteiger partial charge in [-0.25, -0.2) is 0 Å². The van der Waals surface area contributed by atoms with Crippen LogP contribution in [0, 0.1) is 11.8 Å². The summed E-state index contributed by atoms with van der Waals surface area (Å²) in [5.74, 6) is 1.36. The molecule has 0 radical (unpaired) electrons. The molecule has 124 valence electrons. The monoisotopic (exact) mass is 296 g/mol. The fourth-order valence-electron chi connectivity index (χ4n) is 3.43. The van der Waals surface area contributed by atoms with Crippen molar-refractivity contribution in [3.8, 4) is 0 Å². The molecular formula is C18H36N2O. The van der Waals surface area contributed by atoms with Crippen molar-refractivity contribution in [2.24, 2.45) is 11.8 Å². The molecule has 1 aliphatic heterocycles. The third-order valence-corrected chi connectivity index (χ3v) is 4.47. The molecule has 0 bridgehead atoms. The lowest BCUT2D eigenvalue weighted by Gasteiger charge is -2.35. The van der Waals surface area contributed by atoms with Gasteiger partial charge in [0.2, 0.25) is 5.91 Å². The molecule has 0 spiro atoms. The Balaban J connectivity index is 2.88. The molecule has 0 aromatic rings. The first-order chi connectivity index (χ1) is 9.92. The zero-order valence-corrected chi connectivity index (χ0v) is 15.0. The summed E-state index contributed by atoms with van der Waals surface area (Å²) in [7, 11) is 0. The standard InChI is InChI=1S/C18H36N2O/c1-7-9-11-15(10-8-2)20-17(14(5)6)19-16(18(20)21)12-13(3)4/h13-17,19H,7-12H2,1-6H3. The number of hydrogen-bond acceptors (Lipinski definition) is 2. The van der Waals surface area contributed by atoms with E-state index in [9.17, 15) is 4.79 Å². The van der Waals surface area contributed by atoms with Gasteiger partial charge in [-0.15, -0.1) is 0 Å². The van der Waals surface area contributed by atoms with E-state index in [1.807, 2.05) is 0 Å². The Morgan fingerprint density at radius 2 is 1.76 bits per heavy atom. The fourth-order valence-corrected chi connectivity index (χ4v) is 3.43. The molecule has 1 fully saturated rings. The summed E-state index contributed by atoms with van der Waals surface area (Å²) < 4.78 is 0. The molecule has 0 saturated carbocycles. The fraction of sp³-hybridized carbons (Fsp3) is 0.944. The van der Waals surface area contributed by atoms with Crippen LogP contribution < -0.4 is 5.32 Å². The molecule has 0 aliphatic carbocycles. The molecular weight excluding hydrogens is 260 g/mol. The molecule has 3 unspecified atom stereocenters. The van der Waals surface area contributed by atoms with Crippen LogP contribution in [0.2, 0.25) is 0 Å². The number of amides is 1. The van der Waals surface area contributed by atoms with Gasteiger partial charge in [0.1, 0.15) is 0 Å². The number of rotatable bonds is 9. The van der Waals surface area contributed by atoms with Gasteiger partial charge in [0.05, 0.1) is 12.2 Å². The van der Waals surface area contributed by atoms with Gasteiger partial charge >= 0.3 is 0 Å². The number of unbranched alkanes of at least 4 members (excludes halogenated alkanes) is 1. The molecule has 1 heterocycles. The molecule has 1 aliphatic rings. The number of hydrogen-bond donors (Lipinski definition) is 1. The molecule has 1 amide bonds. The van der Waals surface area contributed by atoms with Crippen molar-refractivity contribution in [2.75, 3.05) is 0 Å². The maximum Gasteiger partial charge on any atom is 0.241 e. The molecule has 21 heavy (non-hydrogen) atoms. The van der Waals surface area contributed by atoms with E-state index in [-0.39, 0.29) is 12.2 Å². The summed E-state index contributed by atoms with van der Waals surface area (Å²) in [6.07, 6.45) is 7.02. The van der Waals surface area contributed by atoms with Crippen LogP contribution in [-0.2, 0) is 4.79 Å². The Morgan fingerprint density at radius 3 is 2.24 bits per heavy atom. The average molecular weight is 296 g/mol. The molecule has 1 saturated heterocycles. The second-order valence-corrected chi connectivity index (χ2v) is 7.37. The maximum absolute atomic E-state index is 12.9. The lowest BCUT2D eigenvalue weighted by atomic mass is 10.00. The molecule has 1 rings (SSSR count). The van der Waals surface area contributed by atoms with Gasteiger partial charge in [0.25, 0.3) is 0 Å². The summed E-state index contributed by atoms with van der Waals surface area (Å²) in [5.41, 5.74) is 0. The van der Waals surface area contributed by atoms with Crippen LogP contribution in [0.4, 0.5) is 0 Å². The smallest absolute Gasteiger partial charge is 0.241 e. The van der Waals surface area contributed by atoms with Crippen molar-refractivity contribution in [1.29, 1.82) is 0 Å². The normalized spacial score (nSPS) is 24.4. The van der Waals surface area contributed by atoms with E-state index < -0.39 is 0 Å². The van der Waals surface area contributed by atoms with Gasteiger partial charge in [0, 0.05) is 6.04 Å². The molecule has 3 heteroatoms. The topological polar surface area (TPSA) is 32.3 Å². The minimum Gasteiger partial charge on any atom is -0.323 e. The highest BCUT2D eigenvalue weighted by Crippen LogP contribution is 2.27. The minimum atomic E-state index is 0.0263. The first-order valence-electron chi connectivity index (χ1n) is 9.00. The minimum absolute atomic E-state index is 0.0263. The summed E-state index contributed by atoms with van der Waals surface area (Å²) in [6, 6.07) is 0.442. The van der Waals surface area contributed by atoms with Crippen molar-refractivity contribution in [2.45, 2.75) is 98.3 Å². The van der Waals surface area contributed by atoms with Crippen LogP contribution in [0.15, 0.2) is 0 Å². The van der Waals surface area contributed by atoms with Crippen LogP contribution in [0.1, 0.15) is 80.1 Å². The van der Waals surface area contributed by atoms with Crippen molar-refractivity contribution >= 4 is 5.91 Å². The summed E-state index contributed by atoms with van der Waals surface area (Å²) in [5, 5.41) is 3.61. The third-order valence-electron chi connectivity index (χ3n) is 4.47. The van der Waals surface area contributed by atoms with Crippen molar-refractivity contribution in [1.82, 2.24) is 10.2 Å². The van der Waals surface area contributed by atoms with Crippen LogP contribution in [0.5, 0.6) is 0 Å². The van der Waals surface area contributed by atoms with Crippen LogP contribution in [0.3, 0.4) is 0 Å². The predicted molar refractivity (Wildman–Crippen MR) is 90.1 cm³/mol. The van der Waals surface area contributed by atoms with Crippen LogP contribution >= 0.6 is 0 Å². The van der Waals surface area contributed by atoms with E-state index in [0.29, 0.717) is 23.8 Å². The Bertz CT molecular complexity index is 314. The van der Waals surface area contributed by atoms with Gasteiger partial charge in [0.15, 0.2) is 0 Å². The Hall–Kier alpha value is -0.570. The first-order valence-corrected chi connectivity index (χ1v) is 9.00. The Kier molecular flexibility index (Phi) is 7.72. The number of carbonyl (C=O) groups excluding carboxylic acids is 1. The highest BCUT2D eigenvalue weighted by molar-refractivity contribution is 5.84. The van der Waals surface area contributed by atoms with Gasteiger partial charge in [-0.1, -0.05) is 60.8 Å². The van der Waals surface area contributed by atoms with Gasteiger partial charge in [-0.2, -0.15) is 0 Å². The van der Waals surface area contributed by atoms with E-state index in [0.717, 1.165) is 25.7 Å². The number of carbonyl (C=O) groups is 1. The van der Waals surface area contributed by atoms with Gasteiger partial charge in [-0.3, -0.25) is 10.1 Å². The van der Waals surface area contributed by atoms with E-state index in [4.69, 9.17) is 0 Å². The zero-order chi connectivity index (χ0) is 16.0. The molecule has 0 aromatic heterocycles. The second kappa shape index (κ2) is 8.77. The van der Waals surface area contributed by atoms with Crippen LogP contribution in [0.25, 0.3) is 0 Å². The summed E-state index contributed by atoms with van der Waals surface area (Å²) in [4.78, 5) is 15.1. The second-order valence-electron chi connectivity index (χ2n) is 7.37. The summed E-state index contributed by atoms with van der Waals surface area (Å²) >= 11 is 0. The largest absolute Gasteiger partial charge is 0.323 e. The predicted octanol–water partition coefficient (Wildman–Crippen LogP) is 4.17. The summed E-state index contributed by atoms with van der Waals surface area (Å²) in [6.45, 7) is 13.3. The van der Waals surface area contributed by atoms with E-state index in [1.54, 1.807) is 0 Å². The van der Waals surface area contributed by atoms with E-state index in [2.05, 4.69) is 51.8 Å². The SMILES string of the molecule is CCCCC(CCC)N1C(=O)C(CC(C)C)NC1C(C)C.